The molecular weight excluding hydrogens is 448 g/mol. The normalized spacial score (nSPS) is 18.2. The van der Waals surface area contributed by atoms with Crippen molar-refractivity contribution in [2.75, 3.05) is 57.8 Å². The van der Waals surface area contributed by atoms with Crippen LogP contribution in [0.15, 0.2) is 43.0 Å². The number of imidazole rings is 1. The van der Waals surface area contributed by atoms with Crippen molar-refractivity contribution < 1.29 is 22.7 Å². The van der Waals surface area contributed by atoms with Gasteiger partial charge >= 0.3 is 0 Å². The van der Waals surface area contributed by atoms with Gasteiger partial charge in [-0.15, -0.1) is 0 Å². The minimum atomic E-state index is -3.55. The van der Waals surface area contributed by atoms with E-state index >= 15 is 0 Å². The van der Waals surface area contributed by atoms with Crippen molar-refractivity contribution in [3.63, 3.8) is 0 Å². The minimum Gasteiger partial charge on any atom is -0.379 e. The van der Waals surface area contributed by atoms with E-state index in [0.717, 1.165) is 0 Å². The quantitative estimate of drug-likeness (QED) is 0.612. The molecular formula is C21H28N6O5S. The van der Waals surface area contributed by atoms with Crippen molar-refractivity contribution in [3.05, 3.63) is 48.5 Å². The lowest BCUT2D eigenvalue weighted by Gasteiger charge is -2.37. The van der Waals surface area contributed by atoms with Gasteiger partial charge in [-0.1, -0.05) is 6.07 Å². The van der Waals surface area contributed by atoms with Gasteiger partial charge in [-0.2, -0.15) is 17.0 Å². The molecule has 0 aliphatic carbocycles. The van der Waals surface area contributed by atoms with Crippen molar-refractivity contribution >= 4 is 27.7 Å². The average Bonchev–Trinajstić information content (AvgIpc) is 3.37. The number of hydrogen-bond donors (Lipinski definition) is 1. The zero-order valence-corrected chi connectivity index (χ0v) is 19.1. The maximum absolute atomic E-state index is 13.0. The fraction of sp³-hybridized carbons (Fsp3) is 0.476. The fourth-order valence-electron chi connectivity index (χ4n) is 3.85. The van der Waals surface area contributed by atoms with E-state index in [1.807, 2.05) is 4.57 Å². The Morgan fingerprint density at radius 2 is 1.76 bits per heavy atom. The summed E-state index contributed by atoms with van der Waals surface area (Å²) in [6.45, 7) is 3.12. The Balaban J connectivity index is 1.31. The third-order valence-corrected chi connectivity index (χ3v) is 7.73. The number of nitrogens with one attached hydrogen (secondary N) is 1. The topological polar surface area (TPSA) is 117 Å². The van der Waals surface area contributed by atoms with E-state index < -0.39 is 10.2 Å². The van der Waals surface area contributed by atoms with E-state index in [9.17, 15) is 18.0 Å². The van der Waals surface area contributed by atoms with E-state index in [1.165, 1.54) is 8.61 Å². The summed E-state index contributed by atoms with van der Waals surface area (Å²) in [7, 11) is -3.55. The van der Waals surface area contributed by atoms with Crippen molar-refractivity contribution in [2.24, 2.45) is 0 Å². The number of benzene rings is 1. The summed E-state index contributed by atoms with van der Waals surface area (Å²) < 4.78 is 35.5. The van der Waals surface area contributed by atoms with Gasteiger partial charge in [0, 0.05) is 75.9 Å². The number of morpholine rings is 1. The number of amides is 2. The molecule has 2 aliphatic rings. The Kier molecular flexibility index (Phi) is 7.38. The molecule has 178 valence electrons. The Bertz CT molecular complexity index is 1060. The molecule has 11 nitrogen and oxygen atoms in total. The molecule has 2 aromatic rings. The van der Waals surface area contributed by atoms with Crippen molar-refractivity contribution in [1.82, 2.24) is 23.1 Å². The van der Waals surface area contributed by atoms with Gasteiger partial charge in [0.05, 0.1) is 19.5 Å². The summed E-state index contributed by atoms with van der Waals surface area (Å²) in [4.78, 5) is 30.8. The number of ether oxygens (including phenoxy) is 1. The molecule has 12 heteroatoms. The number of carbonyl (C=O) groups is 2. The van der Waals surface area contributed by atoms with Gasteiger partial charge < -0.3 is 19.5 Å². The first kappa shape index (κ1) is 23.4. The molecule has 0 unspecified atom stereocenters. The molecule has 0 saturated carbocycles. The van der Waals surface area contributed by atoms with Crippen LogP contribution in [-0.4, -0.2) is 95.8 Å². The second-order valence-corrected chi connectivity index (χ2v) is 9.82. The maximum atomic E-state index is 13.0. The summed E-state index contributed by atoms with van der Waals surface area (Å²) in [5, 5.41) is 2.82. The summed E-state index contributed by atoms with van der Waals surface area (Å²) in [6, 6.07) is 6.80. The van der Waals surface area contributed by atoms with Gasteiger partial charge in [0.25, 0.3) is 16.1 Å². The highest BCUT2D eigenvalue weighted by molar-refractivity contribution is 7.86. The van der Waals surface area contributed by atoms with Crippen molar-refractivity contribution in [3.8, 4) is 0 Å². The van der Waals surface area contributed by atoms with Crippen LogP contribution in [-0.2, 0) is 26.3 Å². The van der Waals surface area contributed by atoms with Gasteiger partial charge in [0.2, 0.25) is 5.91 Å². The number of anilines is 1. The lowest BCUT2D eigenvalue weighted by atomic mass is 10.1. The van der Waals surface area contributed by atoms with Crippen molar-refractivity contribution in [1.29, 1.82) is 0 Å². The number of aromatic nitrogens is 2. The number of hydrogen-bond acceptors (Lipinski definition) is 6. The van der Waals surface area contributed by atoms with Gasteiger partial charge in [0.1, 0.15) is 0 Å². The lowest BCUT2D eigenvalue weighted by Crippen LogP contribution is -2.55. The SMILES string of the molecule is O=C(CCn1ccnc1)Nc1cccc(C(=O)N2CCN(S(=O)(=O)N3CCOCC3)CC2)c1. The predicted octanol–water partition coefficient (Wildman–Crippen LogP) is 0.247. The van der Waals surface area contributed by atoms with E-state index in [0.29, 0.717) is 57.2 Å². The average molecular weight is 477 g/mol. The van der Waals surface area contributed by atoms with Crippen LogP contribution >= 0.6 is 0 Å². The van der Waals surface area contributed by atoms with Crippen LogP contribution in [0.4, 0.5) is 5.69 Å². The molecule has 2 aliphatic heterocycles. The summed E-state index contributed by atoms with van der Waals surface area (Å²) in [6.07, 6.45) is 5.38. The Morgan fingerprint density at radius 3 is 2.45 bits per heavy atom. The van der Waals surface area contributed by atoms with Crippen LogP contribution in [0, 0.1) is 0 Å². The molecule has 0 radical (unpaired) electrons. The van der Waals surface area contributed by atoms with Crippen LogP contribution in [0.3, 0.4) is 0 Å². The second kappa shape index (κ2) is 10.4. The molecule has 2 fully saturated rings. The summed E-state index contributed by atoms with van der Waals surface area (Å²) in [5.41, 5.74) is 0.997. The first-order chi connectivity index (χ1) is 15.9. The number of carbonyl (C=O) groups excluding carboxylic acids is 2. The molecule has 0 spiro atoms. The third kappa shape index (κ3) is 5.77. The first-order valence-electron chi connectivity index (χ1n) is 10.9. The number of rotatable bonds is 7. The minimum absolute atomic E-state index is 0.157. The van der Waals surface area contributed by atoms with Gasteiger partial charge in [-0.05, 0) is 18.2 Å². The predicted molar refractivity (Wildman–Crippen MR) is 121 cm³/mol. The van der Waals surface area contributed by atoms with Gasteiger partial charge in [-0.25, -0.2) is 4.98 Å². The van der Waals surface area contributed by atoms with Crippen LogP contribution in [0.5, 0.6) is 0 Å². The highest BCUT2D eigenvalue weighted by Gasteiger charge is 2.34. The molecule has 1 aromatic carbocycles. The van der Waals surface area contributed by atoms with Gasteiger partial charge in [-0.3, -0.25) is 9.59 Å². The molecule has 2 saturated heterocycles. The fourth-order valence-corrected chi connectivity index (χ4v) is 5.41. The Labute approximate surface area is 193 Å². The lowest BCUT2D eigenvalue weighted by molar-refractivity contribution is -0.116. The van der Waals surface area contributed by atoms with Crippen LogP contribution in [0.2, 0.25) is 0 Å². The zero-order valence-electron chi connectivity index (χ0n) is 18.3. The van der Waals surface area contributed by atoms with E-state index in [2.05, 4.69) is 10.3 Å². The molecule has 1 N–H and O–H groups in total. The van der Waals surface area contributed by atoms with Gasteiger partial charge in [0.15, 0.2) is 0 Å². The van der Waals surface area contributed by atoms with Crippen LogP contribution in [0.1, 0.15) is 16.8 Å². The molecule has 2 amide bonds. The first-order valence-corrected chi connectivity index (χ1v) is 12.3. The van der Waals surface area contributed by atoms with E-state index in [4.69, 9.17) is 4.74 Å². The molecule has 0 atom stereocenters. The molecule has 1 aromatic heterocycles. The van der Waals surface area contributed by atoms with E-state index in [1.54, 1.807) is 47.9 Å². The van der Waals surface area contributed by atoms with Crippen LogP contribution in [0.25, 0.3) is 0 Å². The van der Waals surface area contributed by atoms with E-state index in [-0.39, 0.29) is 31.3 Å². The Hall–Kier alpha value is -2.80. The highest BCUT2D eigenvalue weighted by Crippen LogP contribution is 2.17. The zero-order chi connectivity index (χ0) is 23.3. The standard InChI is InChI=1S/C21H28N6O5S/c28-20(4-6-24-7-5-22-17-24)23-19-3-1-2-18(16-19)21(29)25-8-10-26(11-9-25)33(30,31)27-12-14-32-15-13-27/h1-3,5,7,16-17H,4,6,8-15H2,(H,23,28). The largest absolute Gasteiger partial charge is 0.379 e. The highest BCUT2D eigenvalue weighted by atomic mass is 32.2. The summed E-state index contributed by atoms with van der Waals surface area (Å²) in [5.74, 6) is -0.344. The number of piperazine rings is 1. The number of aryl methyl sites for hydroxylation is 1. The molecule has 3 heterocycles. The summed E-state index contributed by atoms with van der Waals surface area (Å²) >= 11 is 0. The maximum Gasteiger partial charge on any atom is 0.282 e. The second-order valence-electron chi connectivity index (χ2n) is 7.89. The molecule has 33 heavy (non-hydrogen) atoms. The Morgan fingerprint density at radius 1 is 1.03 bits per heavy atom. The molecule has 0 bridgehead atoms. The molecule has 4 rings (SSSR count). The monoisotopic (exact) mass is 476 g/mol. The third-order valence-electron chi connectivity index (χ3n) is 5.70. The smallest absolute Gasteiger partial charge is 0.282 e. The number of nitrogens with zero attached hydrogens (tertiary/aromatic N) is 5. The van der Waals surface area contributed by atoms with Crippen molar-refractivity contribution in [2.45, 2.75) is 13.0 Å². The van der Waals surface area contributed by atoms with Crippen LogP contribution < -0.4 is 5.32 Å².